The quantitative estimate of drug-likeness (QED) is 0.680. The Bertz CT molecular complexity index is 166. The van der Waals surface area contributed by atoms with Crippen LogP contribution >= 0.6 is 0 Å². The maximum absolute atomic E-state index is 13.3. The van der Waals surface area contributed by atoms with Crippen LogP contribution in [0.25, 0.3) is 0 Å². The van der Waals surface area contributed by atoms with Gasteiger partial charge in [-0.25, -0.2) is 0 Å². The zero-order chi connectivity index (χ0) is 9.90. The molecule has 1 heterocycles. The van der Waals surface area contributed by atoms with Crippen molar-refractivity contribution in [3.63, 3.8) is 0 Å². The van der Waals surface area contributed by atoms with E-state index in [0.717, 1.165) is 0 Å². The molecule has 0 aromatic carbocycles. The van der Waals surface area contributed by atoms with Crippen molar-refractivity contribution in [2.75, 3.05) is 26.7 Å². The lowest BCUT2D eigenvalue weighted by Crippen LogP contribution is -2.44. The Morgan fingerprint density at radius 2 is 2.23 bits per heavy atom. The number of halogens is 2. The van der Waals surface area contributed by atoms with Gasteiger partial charge in [0.05, 0.1) is 12.5 Å². The highest BCUT2D eigenvalue weighted by Gasteiger charge is 2.47. The molecule has 0 saturated carbocycles. The fourth-order valence-corrected chi connectivity index (χ4v) is 1.63. The molecule has 1 rings (SSSR count). The first kappa shape index (κ1) is 10.8. The maximum Gasteiger partial charge on any atom is 0.361 e. The molecule has 3 nitrogen and oxygen atoms in total. The molecule has 0 aromatic heterocycles. The summed E-state index contributed by atoms with van der Waals surface area (Å²) in [6.45, 7) is 2.49. The fourth-order valence-electron chi connectivity index (χ4n) is 1.63. The van der Waals surface area contributed by atoms with E-state index in [2.05, 4.69) is 15.4 Å². The topological polar surface area (TPSA) is 33.3 Å². The average molecular weight is 194 g/mol. The molecule has 1 saturated heterocycles. The number of nitrogens with one attached hydrogen (secondary N) is 2. The minimum Gasteiger partial charge on any atom is -0.320 e. The van der Waals surface area contributed by atoms with Crippen molar-refractivity contribution in [2.24, 2.45) is 5.92 Å². The van der Waals surface area contributed by atoms with Gasteiger partial charge in [0.1, 0.15) is 0 Å². The highest BCUT2D eigenvalue weighted by molar-refractivity contribution is 4.90. The zero-order valence-corrected chi connectivity index (χ0v) is 7.94. The van der Waals surface area contributed by atoms with Crippen LogP contribution in [0.3, 0.4) is 0 Å². The first-order chi connectivity index (χ1) is 6.11. The molecule has 2 atom stereocenters. The number of likely N-dealkylation sites (N-methyl/N-ethyl adjacent to an activating group) is 1. The van der Waals surface area contributed by atoms with Crippen molar-refractivity contribution < 1.29 is 13.5 Å². The smallest absolute Gasteiger partial charge is 0.320 e. The van der Waals surface area contributed by atoms with Gasteiger partial charge in [-0.05, 0) is 14.0 Å². The molecule has 0 aliphatic carbocycles. The molecule has 0 bridgehead atoms. The number of hydrogen-bond donors (Lipinski definition) is 2. The van der Waals surface area contributed by atoms with E-state index in [-0.39, 0.29) is 12.6 Å². The van der Waals surface area contributed by atoms with Gasteiger partial charge in [-0.2, -0.15) is 8.78 Å². The summed E-state index contributed by atoms with van der Waals surface area (Å²) in [4.78, 5) is 0. The molecule has 0 radical (unpaired) electrons. The second-order valence-corrected chi connectivity index (χ2v) is 3.15. The fraction of sp³-hybridized carbons (Fsp3) is 1.00. The minimum atomic E-state index is -3.02. The van der Waals surface area contributed by atoms with Gasteiger partial charge >= 0.3 is 6.11 Å². The predicted molar refractivity (Wildman–Crippen MR) is 45.8 cm³/mol. The predicted octanol–water partition coefficient (Wildman–Crippen LogP) is 0.423. The van der Waals surface area contributed by atoms with Crippen molar-refractivity contribution in [3.8, 4) is 0 Å². The van der Waals surface area contributed by atoms with Crippen molar-refractivity contribution in [1.82, 2.24) is 10.6 Å². The number of alkyl halides is 2. The van der Waals surface area contributed by atoms with Crippen LogP contribution in [-0.4, -0.2) is 38.9 Å². The third-order valence-corrected chi connectivity index (χ3v) is 2.35. The Kier molecular flexibility index (Phi) is 3.58. The Balaban J connectivity index is 2.57. The Morgan fingerprint density at radius 3 is 2.77 bits per heavy atom. The summed E-state index contributed by atoms with van der Waals surface area (Å²) >= 11 is 0. The van der Waals surface area contributed by atoms with E-state index >= 15 is 0 Å². The van der Waals surface area contributed by atoms with Crippen molar-refractivity contribution in [3.05, 3.63) is 0 Å². The van der Waals surface area contributed by atoms with Gasteiger partial charge in [-0.1, -0.05) is 0 Å². The molecule has 2 N–H and O–H groups in total. The van der Waals surface area contributed by atoms with Crippen molar-refractivity contribution in [2.45, 2.75) is 19.1 Å². The summed E-state index contributed by atoms with van der Waals surface area (Å²) in [5, 5.41) is 5.77. The summed E-state index contributed by atoms with van der Waals surface area (Å²) < 4.78 is 31.0. The molecule has 2 unspecified atom stereocenters. The third-order valence-electron chi connectivity index (χ3n) is 2.35. The lowest BCUT2D eigenvalue weighted by molar-refractivity contribution is -0.268. The van der Waals surface area contributed by atoms with E-state index in [1.54, 1.807) is 14.0 Å². The van der Waals surface area contributed by atoms with E-state index < -0.39 is 12.0 Å². The van der Waals surface area contributed by atoms with Crippen molar-refractivity contribution >= 4 is 0 Å². The summed E-state index contributed by atoms with van der Waals surface area (Å²) in [6, 6.07) is -0.207. The number of ether oxygens (including phenoxy) is 1. The highest BCUT2D eigenvalue weighted by Crippen LogP contribution is 2.30. The van der Waals surface area contributed by atoms with Gasteiger partial charge in [0.2, 0.25) is 0 Å². The summed E-state index contributed by atoms with van der Waals surface area (Å²) in [5.74, 6) is -0.766. The standard InChI is InChI=1S/C8H16F2N2O/c1-3-13-8(9,10)6-4-12-5-7(6)11-2/h6-7,11-12H,3-5H2,1-2H3. The number of rotatable bonds is 4. The van der Waals surface area contributed by atoms with Gasteiger partial charge in [0.25, 0.3) is 0 Å². The average Bonchev–Trinajstić information content (AvgIpc) is 2.51. The van der Waals surface area contributed by atoms with Gasteiger partial charge in [-0.3, -0.25) is 0 Å². The lowest BCUT2D eigenvalue weighted by atomic mass is 10.0. The number of hydrogen-bond acceptors (Lipinski definition) is 3. The monoisotopic (exact) mass is 194 g/mol. The van der Waals surface area contributed by atoms with Crippen molar-refractivity contribution in [1.29, 1.82) is 0 Å². The van der Waals surface area contributed by atoms with Crippen LogP contribution in [0.2, 0.25) is 0 Å². The third kappa shape index (κ3) is 2.36. The van der Waals surface area contributed by atoms with Crippen LogP contribution in [0, 0.1) is 5.92 Å². The van der Waals surface area contributed by atoms with Crippen LogP contribution in [-0.2, 0) is 4.74 Å². The maximum atomic E-state index is 13.3. The van der Waals surface area contributed by atoms with E-state index in [1.807, 2.05) is 0 Å². The minimum absolute atomic E-state index is 0.0416. The Labute approximate surface area is 76.8 Å². The summed E-state index contributed by atoms with van der Waals surface area (Å²) in [7, 11) is 1.69. The van der Waals surface area contributed by atoms with E-state index in [9.17, 15) is 8.78 Å². The molecule has 0 amide bonds. The Hall–Kier alpha value is -0.260. The summed E-state index contributed by atoms with van der Waals surface area (Å²) in [5.41, 5.74) is 0. The zero-order valence-electron chi connectivity index (χ0n) is 7.94. The molecule has 13 heavy (non-hydrogen) atoms. The van der Waals surface area contributed by atoms with Gasteiger partial charge in [0.15, 0.2) is 0 Å². The van der Waals surface area contributed by atoms with E-state index in [1.165, 1.54) is 0 Å². The molecule has 1 aliphatic rings. The van der Waals surface area contributed by atoms with Crippen LogP contribution < -0.4 is 10.6 Å². The molecule has 5 heteroatoms. The Morgan fingerprint density at radius 1 is 1.54 bits per heavy atom. The van der Waals surface area contributed by atoms with E-state index in [4.69, 9.17) is 0 Å². The summed E-state index contributed by atoms with van der Waals surface area (Å²) in [6.07, 6.45) is -3.02. The molecular formula is C8H16F2N2O. The van der Waals surface area contributed by atoms with Crippen LogP contribution in [0.5, 0.6) is 0 Å². The largest absolute Gasteiger partial charge is 0.361 e. The van der Waals surface area contributed by atoms with Crippen LogP contribution in [0.1, 0.15) is 6.92 Å². The van der Waals surface area contributed by atoms with Gasteiger partial charge in [0, 0.05) is 19.1 Å². The van der Waals surface area contributed by atoms with Crippen LogP contribution in [0.4, 0.5) is 8.78 Å². The molecule has 1 fully saturated rings. The first-order valence-electron chi connectivity index (χ1n) is 4.51. The molecule has 1 aliphatic heterocycles. The first-order valence-corrected chi connectivity index (χ1v) is 4.51. The lowest BCUT2D eigenvalue weighted by Gasteiger charge is -2.26. The molecular weight excluding hydrogens is 178 g/mol. The molecule has 78 valence electrons. The highest BCUT2D eigenvalue weighted by atomic mass is 19.3. The SMILES string of the molecule is CCOC(F)(F)C1CNCC1NC. The molecule has 0 spiro atoms. The van der Waals surface area contributed by atoms with Gasteiger partial charge < -0.3 is 15.4 Å². The van der Waals surface area contributed by atoms with Gasteiger partial charge in [-0.15, -0.1) is 0 Å². The normalized spacial score (nSPS) is 29.5. The van der Waals surface area contributed by atoms with Crippen LogP contribution in [0.15, 0.2) is 0 Å². The molecule has 0 aromatic rings. The van der Waals surface area contributed by atoms with E-state index in [0.29, 0.717) is 13.1 Å². The second kappa shape index (κ2) is 4.30. The second-order valence-electron chi connectivity index (χ2n) is 3.15.